The summed E-state index contributed by atoms with van der Waals surface area (Å²) in [5.41, 5.74) is 1.79. The van der Waals surface area contributed by atoms with Crippen molar-refractivity contribution in [1.29, 1.82) is 0 Å². The van der Waals surface area contributed by atoms with Crippen LogP contribution in [-0.2, 0) is 9.53 Å². The van der Waals surface area contributed by atoms with E-state index in [0.29, 0.717) is 12.3 Å². The molecule has 0 aliphatic carbocycles. The molecule has 5 nitrogen and oxygen atoms in total. The van der Waals surface area contributed by atoms with Gasteiger partial charge in [-0.25, -0.2) is 4.79 Å². The van der Waals surface area contributed by atoms with Gasteiger partial charge in [0.25, 0.3) is 0 Å². The number of nitrogens with one attached hydrogen (secondary N) is 2. The molecule has 92 valence electrons. The molecule has 0 heterocycles. The first kappa shape index (κ1) is 13.0. The van der Waals surface area contributed by atoms with Crippen molar-refractivity contribution in [1.82, 2.24) is 5.32 Å². The Hall–Kier alpha value is -2.04. The minimum Gasteiger partial charge on any atom is -0.465 e. The maximum atomic E-state index is 11.4. The Kier molecular flexibility index (Phi) is 5.00. The van der Waals surface area contributed by atoms with E-state index in [9.17, 15) is 9.59 Å². The molecule has 2 amide bonds. The summed E-state index contributed by atoms with van der Waals surface area (Å²) in [6.45, 7) is 3.85. The SMILES string of the molecule is CCOC(=O)CNC(=O)Nc1ccc(C)cc1. The van der Waals surface area contributed by atoms with Crippen LogP contribution in [-0.4, -0.2) is 25.2 Å². The van der Waals surface area contributed by atoms with Crippen LogP contribution >= 0.6 is 0 Å². The van der Waals surface area contributed by atoms with E-state index in [-0.39, 0.29) is 6.54 Å². The number of rotatable bonds is 4. The maximum absolute atomic E-state index is 11.4. The fourth-order valence-corrected chi connectivity index (χ4v) is 1.18. The van der Waals surface area contributed by atoms with Crippen molar-refractivity contribution in [2.45, 2.75) is 13.8 Å². The van der Waals surface area contributed by atoms with Crippen molar-refractivity contribution in [3.63, 3.8) is 0 Å². The van der Waals surface area contributed by atoms with Gasteiger partial charge in [0, 0.05) is 5.69 Å². The summed E-state index contributed by atoms with van der Waals surface area (Å²) in [5, 5.41) is 5.01. The first-order chi connectivity index (χ1) is 8.11. The number of ether oxygens (including phenoxy) is 1. The van der Waals surface area contributed by atoms with Crippen LogP contribution in [0.4, 0.5) is 10.5 Å². The zero-order valence-electron chi connectivity index (χ0n) is 9.95. The molecule has 0 bridgehead atoms. The number of urea groups is 1. The first-order valence-corrected chi connectivity index (χ1v) is 5.39. The molecule has 1 aromatic carbocycles. The Morgan fingerprint density at radius 2 is 1.88 bits per heavy atom. The molecule has 0 saturated carbocycles. The van der Waals surface area contributed by atoms with Crippen molar-refractivity contribution in [2.75, 3.05) is 18.5 Å². The lowest BCUT2D eigenvalue weighted by Gasteiger charge is -2.07. The third-order valence-corrected chi connectivity index (χ3v) is 2.01. The quantitative estimate of drug-likeness (QED) is 0.781. The zero-order chi connectivity index (χ0) is 12.7. The van der Waals surface area contributed by atoms with Crippen LogP contribution in [0.3, 0.4) is 0 Å². The van der Waals surface area contributed by atoms with Gasteiger partial charge in [0.2, 0.25) is 0 Å². The van der Waals surface area contributed by atoms with Crippen molar-refractivity contribution >= 4 is 17.7 Å². The Morgan fingerprint density at radius 3 is 2.47 bits per heavy atom. The molecule has 0 saturated heterocycles. The number of aryl methyl sites for hydroxylation is 1. The molecule has 1 rings (SSSR count). The van der Waals surface area contributed by atoms with E-state index in [1.807, 2.05) is 19.1 Å². The number of benzene rings is 1. The smallest absolute Gasteiger partial charge is 0.325 e. The minimum atomic E-state index is -0.452. The summed E-state index contributed by atoms with van der Waals surface area (Å²) < 4.78 is 4.68. The second kappa shape index (κ2) is 6.52. The van der Waals surface area contributed by atoms with E-state index in [1.54, 1.807) is 19.1 Å². The number of hydrogen-bond acceptors (Lipinski definition) is 3. The van der Waals surface area contributed by atoms with Gasteiger partial charge >= 0.3 is 12.0 Å². The van der Waals surface area contributed by atoms with Gasteiger partial charge in [0.15, 0.2) is 0 Å². The highest BCUT2D eigenvalue weighted by Gasteiger charge is 2.05. The molecule has 0 aliphatic rings. The topological polar surface area (TPSA) is 67.4 Å². The van der Waals surface area contributed by atoms with Crippen LogP contribution in [0, 0.1) is 6.92 Å². The van der Waals surface area contributed by atoms with Crippen LogP contribution in [0.25, 0.3) is 0 Å². The Morgan fingerprint density at radius 1 is 1.24 bits per heavy atom. The number of amides is 2. The van der Waals surface area contributed by atoms with Gasteiger partial charge in [0.1, 0.15) is 6.54 Å². The third kappa shape index (κ3) is 5.01. The molecule has 0 radical (unpaired) electrons. The molecular weight excluding hydrogens is 220 g/mol. The van der Waals surface area contributed by atoms with Gasteiger partial charge in [-0.2, -0.15) is 0 Å². The molecule has 0 unspecified atom stereocenters. The molecule has 0 aliphatic heterocycles. The summed E-state index contributed by atoms with van der Waals surface area (Å²) in [5.74, 6) is -0.452. The highest BCUT2D eigenvalue weighted by molar-refractivity contribution is 5.91. The number of esters is 1. The fraction of sp³-hybridized carbons (Fsp3) is 0.333. The van der Waals surface area contributed by atoms with E-state index in [0.717, 1.165) is 5.56 Å². The van der Waals surface area contributed by atoms with Gasteiger partial charge in [-0.1, -0.05) is 17.7 Å². The minimum absolute atomic E-state index is 0.133. The van der Waals surface area contributed by atoms with Crippen molar-refractivity contribution in [2.24, 2.45) is 0 Å². The second-order valence-corrected chi connectivity index (χ2v) is 3.48. The summed E-state index contributed by atoms with van der Waals surface area (Å²) in [6.07, 6.45) is 0. The van der Waals surface area contributed by atoms with Gasteiger partial charge < -0.3 is 15.4 Å². The van der Waals surface area contributed by atoms with E-state index in [1.165, 1.54) is 0 Å². The molecule has 0 spiro atoms. The average molecular weight is 236 g/mol. The monoisotopic (exact) mass is 236 g/mol. The molecule has 5 heteroatoms. The second-order valence-electron chi connectivity index (χ2n) is 3.48. The van der Waals surface area contributed by atoms with Gasteiger partial charge in [-0.3, -0.25) is 4.79 Å². The first-order valence-electron chi connectivity index (χ1n) is 5.39. The summed E-state index contributed by atoms with van der Waals surface area (Å²) in [7, 11) is 0. The zero-order valence-corrected chi connectivity index (χ0v) is 9.95. The maximum Gasteiger partial charge on any atom is 0.325 e. The molecule has 17 heavy (non-hydrogen) atoms. The number of carbonyl (C=O) groups excluding carboxylic acids is 2. The lowest BCUT2D eigenvalue weighted by Crippen LogP contribution is -2.34. The predicted molar refractivity (Wildman–Crippen MR) is 64.8 cm³/mol. The normalized spacial score (nSPS) is 9.53. The summed E-state index contributed by atoms with van der Waals surface area (Å²) >= 11 is 0. The number of hydrogen-bond donors (Lipinski definition) is 2. The predicted octanol–water partition coefficient (Wildman–Crippen LogP) is 1.68. The van der Waals surface area contributed by atoms with E-state index in [4.69, 9.17) is 0 Å². The average Bonchev–Trinajstić information content (AvgIpc) is 2.30. The van der Waals surface area contributed by atoms with Gasteiger partial charge in [0.05, 0.1) is 6.61 Å². The van der Waals surface area contributed by atoms with E-state index >= 15 is 0 Å². The van der Waals surface area contributed by atoms with E-state index < -0.39 is 12.0 Å². The highest BCUT2D eigenvalue weighted by atomic mass is 16.5. The van der Waals surface area contributed by atoms with Gasteiger partial charge in [-0.15, -0.1) is 0 Å². The Labute approximate surface area is 100 Å². The van der Waals surface area contributed by atoms with Gasteiger partial charge in [-0.05, 0) is 26.0 Å². The number of anilines is 1. The summed E-state index contributed by atoms with van der Waals surface area (Å²) in [4.78, 5) is 22.4. The lowest BCUT2D eigenvalue weighted by atomic mass is 10.2. The van der Waals surface area contributed by atoms with Crippen LogP contribution in [0.15, 0.2) is 24.3 Å². The molecule has 0 atom stereocenters. The highest BCUT2D eigenvalue weighted by Crippen LogP contribution is 2.07. The molecule has 0 aromatic heterocycles. The summed E-state index contributed by atoms with van der Waals surface area (Å²) in [6, 6.07) is 6.93. The molecule has 1 aromatic rings. The lowest BCUT2D eigenvalue weighted by molar-refractivity contribution is -0.141. The van der Waals surface area contributed by atoms with Crippen LogP contribution < -0.4 is 10.6 Å². The molecular formula is C12H16N2O3. The van der Waals surface area contributed by atoms with Crippen LogP contribution in [0.5, 0.6) is 0 Å². The van der Waals surface area contributed by atoms with Crippen molar-refractivity contribution in [3.05, 3.63) is 29.8 Å². The van der Waals surface area contributed by atoms with Crippen LogP contribution in [0.1, 0.15) is 12.5 Å². The molecule has 2 N–H and O–H groups in total. The molecule has 0 fully saturated rings. The Balaban J connectivity index is 2.34. The fourth-order valence-electron chi connectivity index (χ4n) is 1.18. The van der Waals surface area contributed by atoms with Crippen molar-refractivity contribution in [3.8, 4) is 0 Å². The van der Waals surface area contributed by atoms with Crippen LogP contribution in [0.2, 0.25) is 0 Å². The standard InChI is InChI=1S/C12H16N2O3/c1-3-17-11(15)8-13-12(16)14-10-6-4-9(2)5-7-10/h4-7H,3,8H2,1-2H3,(H2,13,14,16). The third-order valence-electron chi connectivity index (χ3n) is 2.01. The number of carbonyl (C=O) groups is 2. The van der Waals surface area contributed by atoms with E-state index in [2.05, 4.69) is 15.4 Å². The van der Waals surface area contributed by atoms with Crippen molar-refractivity contribution < 1.29 is 14.3 Å². The Bertz CT molecular complexity index is 387. The largest absolute Gasteiger partial charge is 0.465 e.